The van der Waals surface area contributed by atoms with Gasteiger partial charge in [0.15, 0.2) is 0 Å². The van der Waals surface area contributed by atoms with Gasteiger partial charge in [0.25, 0.3) is 0 Å². The van der Waals surface area contributed by atoms with Crippen LogP contribution < -0.4 is 0 Å². The van der Waals surface area contributed by atoms with Gasteiger partial charge in [0.2, 0.25) is 0 Å². The van der Waals surface area contributed by atoms with Crippen molar-refractivity contribution in [2.24, 2.45) is 0 Å². The van der Waals surface area contributed by atoms with Crippen LogP contribution in [0.3, 0.4) is 0 Å². The summed E-state index contributed by atoms with van der Waals surface area (Å²) in [7, 11) is 0. The molecule has 6 heteroatoms. The van der Waals surface area contributed by atoms with Gasteiger partial charge in [-0.1, -0.05) is 43.1 Å². The lowest BCUT2D eigenvalue weighted by Gasteiger charge is -2.03. The molecule has 0 saturated heterocycles. The van der Waals surface area contributed by atoms with Gasteiger partial charge in [-0.3, -0.25) is 0 Å². The van der Waals surface area contributed by atoms with Crippen LogP contribution in [0.5, 0.6) is 0 Å². The molecule has 0 spiro atoms. The Morgan fingerprint density at radius 3 is 2.81 bits per heavy atom. The van der Waals surface area contributed by atoms with Gasteiger partial charge in [-0.2, -0.15) is 0 Å². The largest absolute Gasteiger partial charge is 0.248 e. The van der Waals surface area contributed by atoms with Crippen molar-refractivity contribution in [1.29, 1.82) is 0 Å². The Morgan fingerprint density at radius 2 is 2.19 bits per heavy atom. The van der Waals surface area contributed by atoms with Crippen LogP contribution in [-0.2, 0) is 11.9 Å². The first-order valence-electron chi connectivity index (χ1n) is 4.58. The predicted octanol–water partition coefficient (Wildman–Crippen LogP) is 3.12. The normalized spacial score (nSPS) is 10.7. The Hall–Kier alpha value is -0.750. The van der Waals surface area contributed by atoms with Crippen LogP contribution in [0.1, 0.15) is 11.3 Å². The first kappa shape index (κ1) is 11.7. The minimum atomic E-state index is -0.254. The van der Waals surface area contributed by atoms with Crippen molar-refractivity contribution in [3.8, 4) is 0 Å². The van der Waals surface area contributed by atoms with E-state index in [1.54, 1.807) is 10.7 Å². The number of hydrogen-bond donors (Lipinski definition) is 0. The smallest absolute Gasteiger partial charge is 0.124 e. The van der Waals surface area contributed by atoms with Gasteiger partial charge in [0.05, 0.1) is 12.2 Å². The third kappa shape index (κ3) is 2.68. The summed E-state index contributed by atoms with van der Waals surface area (Å²) in [5.41, 5.74) is 1.84. The number of rotatable bonds is 3. The Labute approximate surface area is 109 Å². The monoisotopic (exact) mass is 347 g/mol. The van der Waals surface area contributed by atoms with E-state index < -0.39 is 0 Å². The van der Waals surface area contributed by atoms with Crippen LogP contribution in [0.15, 0.2) is 28.9 Å². The molecule has 3 nitrogen and oxygen atoms in total. The number of aromatic nitrogens is 3. The van der Waals surface area contributed by atoms with E-state index in [9.17, 15) is 4.39 Å². The summed E-state index contributed by atoms with van der Waals surface area (Å²) < 4.78 is 15.3. The molecule has 0 bridgehead atoms. The van der Waals surface area contributed by atoms with Crippen LogP contribution in [0.4, 0.5) is 4.39 Å². The van der Waals surface area contributed by atoms with E-state index in [1.165, 1.54) is 12.1 Å². The lowest BCUT2D eigenvalue weighted by Crippen LogP contribution is -2.01. The van der Waals surface area contributed by atoms with Gasteiger partial charge >= 0.3 is 0 Å². The Bertz CT molecular complexity index is 499. The van der Waals surface area contributed by atoms with E-state index in [0.29, 0.717) is 11.9 Å². The maximum Gasteiger partial charge on any atom is 0.124 e. The molecule has 0 aliphatic rings. The number of alkyl halides is 1. The molecule has 0 saturated carbocycles. The summed E-state index contributed by atoms with van der Waals surface area (Å²) >= 11 is 6.62. The van der Waals surface area contributed by atoms with Crippen molar-refractivity contribution >= 4 is 31.9 Å². The Kier molecular flexibility index (Phi) is 3.70. The summed E-state index contributed by atoms with van der Waals surface area (Å²) in [6.45, 7) is 0.570. The first-order chi connectivity index (χ1) is 7.69. The molecule has 0 amide bonds. The molecule has 0 fully saturated rings. The van der Waals surface area contributed by atoms with Gasteiger partial charge in [0.1, 0.15) is 5.82 Å². The quantitative estimate of drug-likeness (QED) is 0.798. The predicted molar refractivity (Wildman–Crippen MR) is 65.9 cm³/mol. The van der Waals surface area contributed by atoms with Crippen molar-refractivity contribution in [2.45, 2.75) is 11.9 Å². The summed E-state index contributed by atoms with van der Waals surface area (Å²) in [5, 5.41) is 8.60. The number of benzene rings is 1. The van der Waals surface area contributed by atoms with E-state index in [0.717, 1.165) is 15.7 Å². The zero-order chi connectivity index (χ0) is 11.5. The third-order valence-electron chi connectivity index (χ3n) is 2.07. The highest BCUT2D eigenvalue weighted by atomic mass is 79.9. The van der Waals surface area contributed by atoms with Crippen LogP contribution in [0.2, 0.25) is 0 Å². The lowest BCUT2D eigenvalue weighted by molar-refractivity contribution is 0.619. The molecule has 0 N–H and O–H groups in total. The first-order valence-corrected chi connectivity index (χ1v) is 6.49. The minimum absolute atomic E-state index is 0.254. The van der Waals surface area contributed by atoms with Gasteiger partial charge in [-0.15, -0.1) is 5.10 Å². The van der Waals surface area contributed by atoms with Gasteiger partial charge < -0.3 is 0 Å². The Balaban J connectivity index is 2.20. The van der Waals surface area contributed by atoms with Gasteiger partial charge in [-0.25, -0.2) is 9.07 Å². The molecule has 2 rings (SSSR count). The zero-order valence-corrected chi connectivity index (χ0v) is 11.4. The molecule has 1 aromatic carbocycles. The topological polar surface area (TPSA) is 30.7 Å². The van der Waals surface area contributed by atoms with Crippen LogP contribution in [0, 0.1) is 5.82 Å². The highest BCUT2D eigenvalue weighted by Gasteiger charge is 2.04. The van der Waals surface area contributed by atoms with Crippen molar-refractivity contribution in [3.63, 3.8) is 0 Å². The van der Waals surface area contributed by atoms with Gasteiger partial charge in [0, 0.05) is 16.0 Å². The highest BCUT2D eigenvalue weighted by molar-refractivity contribution is 9.10. The maximum absolute atomic E-state index is 12.9. The van der Waals surface area contributed by atoms with E-state index in [1.807, 2.05) is 6.20 Å². The van der Waals surface area contributed by atoms with Crippen molar-refractivity contribution in [3.05, 3.63) is 45.9 Å². The van der Waals surface area contributed by atoms with Crippen LogP contribution >= 0.6 is 31.9 Å². The standard InChI is InChI=1S/C10H8Br2FN3/c11-4-9-6-16(15-14-9)5-7-1-2-8(13)3-10(7)12/h1-3,6H,4-5H2. The molecule has 16 heavy (non-hydrogen) atoms. The van der Waals surface area contributed by atoms with Gasteiger partial charge in [-0.05, 0) is 17.7 Å². The van der Waals surface area contributed by atoms with E-state index >= 15 is 0 Å². The van der Waals surface area contributed by atoms with E-state index in [4.69, 9.17) is 0 Å². The maximum atomic E-state index is 12.9. The van der Waals surface area contributed by atoms with E-state index in [2.05, 4.69) is 42.2 Å². The third-order valence-corrected chi connectivity index (χ3v) is 3.38. The minimum Gasteiger partial charge on any atom is -0.248 e. The number of hydrogen-bond acceptors (Lipinski definition) is 2. The molecular weight excluding hydrogens is 341 g/mol. The van der Waals surface area contributed by atoms with E-state index in [-0.39, 0.29) is 5.82 Å². The molecule has 0 unspecified atom stereocenters. The summed E-state index contributed by atoms with van der Waals surface area (Å²) in [6, 6.07) is 4.61. The average Bonchev–Trinajstić information content (AvgIpc) is 2.70. The molecule has 0 aliphatic heterocycles. The van der Waals surface area contributed by atoms with Crippen LogP contribution in [0.25, 0.3) is 0 Å². The Morgan fingerprint density at radius 1 is 1.38 bits per heavy atom. The molecule has 0 aliphatic carbocycles. The molecule has 0 atom stereocenters. The molecule has 1 aromatic heterocycles. The van der Waals surface area contributed by atoms with Crippen molar-refractivity contribution < 1.29 is 4.39 Å². The fourth-order valence-corrected chi connectivity index (χ4v) is 2.03. The van der Waals surface area contributed by atoms with Crippen molar-refractivity contribution in [1.82, 2.24) is 15.0 Å². The number of halogens is 3. The molecule has 0 radical (unpaired) electrons. The van der Waals surface area contributed by atoms with Crippen molar-refractivity contribution in [2.75, 3.05) is 0 Å². The second kappa shape index (κ2) is 5.05. The molecule has 1 heterocycles. The highest BCUT2D eigenvalue weighted by Crippen LogP contribution is 2.18. The second-order valence-electron chi connectivity index (χ2n) is 3.28. The molecular formula is C10H8Br2FN3. The second-order valence-corrected chi connectivity index (χ2v) is 4.69. The molecule has 84 valence electrons. The summed E-state index contributed by atoms with van der Waals surface area (Å²) in [4.78, 5) is 0. The fourth-order valence-electron chi connectivity index (χ4n) is 1.30. The molecule has 2 aromatic rings. The zero-order valence-electron chi connectivity index (χ0n) is 8.20. The summed E-state index contributed by atoms with van der Waals surface area (Å²) in [5.74, 6) is -0.254. The number of nitrogens with zero attached hydrogens (tertiary/aromatic N) is 3. The fraction of sp³-hybridized carbons (Fsp3) is 0.200. The summed E-state index contributed by atoms with van der Waals surface area (Å²) in [6.07, 6.45) is 1.85. The lowest BCUT2D eigenvalue weighted by atomic mass is 10.2. The average molecular weight is 349 g/mol. The van der Waals surface area contributed by atoms with Crippen LogP contribution in [-0.4, -0.2) is 15.0 Å². The SMILES string of the molecule is Fc1ccc(Cn2cc(CBr)nn2)c(Br)c1.